The smallest absolute Gasteiger partial charge is 0.231 e. The summed E-state index contributed by atoms with van der Waals surface area (Å²) in [7, 11) is 0. The van der Waals surface area contributed by atoms with Crippen molar-refractivity contribution in [2.45, 2.75) is 19.3 Å². The van der Waals surface area contributed by atoms with Gasteiger partial charge in [0.2, 0.25) is 5.24 Å². The number of carbonyl (C=O) groups excluding carboxylic acids is 1. The van der Waals surface area contributed by atoms with Gasteiger partial charge in [-0.3, -0.25) is 4.79 Å². The zero-order valence-corrected chi connectivity index (χ0v) is 8.43. The molecule has 13 heavy (non-hydrogen) atoms. The van der Waals surface area contributed by atoms with Crippen LogP contribution in [0.4, 0.5) is 5.69 Å². The van der Waals surface area contributed by atoms with Gasteiger partial charge in [0.25, 0.3) is 0 Å². The van der Waals surface area contributed by atoms with Gasteiger partial charge < -0.3 is 5.73 Å². The summed E-state index contributed by atoms with van der Waals surface area (Å²) in [5.41, 5.74) is 6.41. The maximum absolute atomic E-state index is 11.1. The van der Waals surface area contributed by atoms with Gasteiger partial charge in [0, 0.05) is 5.69 Å². The first-order valence-electron chi connectivity index (χ1n) is 4.00. The fourth-order valence-corrected chi connectivity index (χ4v) is 1.15. The molecule has 2 N–H and O–H groups in total. The molecule has 2 nitrogen and oxygen atoms in total. The summed E-state index contributed by atoms with van der Waals surface area (Å²) in [6.45, 7) is 3.55. The molecule has 0 saturated heterocycles. The van der Waals surface area contributed by atoms with E-state index in [1.807, 2.05) is 12.1 Å². The number of anilines is 1. The van der Waals surface area contributed by atoms with Gasteiger partial charge in [0.1, 0.15) is 0 Å². The van der Waals surface area contributed by atoms with Crippen LogP contribution >= 0.6 is 11.6 Å². The van der Waals surface area contributed by atoms with Gasteiger partial charge in [-0.15, -0.1) is 0 Å². The molecule has 0 atom stereocenters. The number of rotatable bonds is 2. The molecule has 0 saturated carbocycles. The normalized spacial score (nSPS) is 11.3. The lowest BCUT2D eigenvalue weighted by Crippen LogP contribution is -2.24. The maximum Gasteiger partial charge on any atom is 0.231 e. The molecular formula is C10H12ClNO. The van der Waals surface area contributed by atoms with E-state index in [0.717, 1.165) is 5.56 Å². The van der Waals surface area contributed by atoms with Crippen LogP contribution in [0.15, 0.2) is 24.3 Å². The third-order valence-corrected chi connectivity index (χ3v) is 2.57. The summed E-state index contributed by atoms with van der Waals surface area (Å²) in [6, 6.07) is 7.20. The number of hydrogen-bond donors (Lipinski definition) is 1. The molecule has 0 amide bonds. The van der Waals surface area contributed by atoms with Gasteiger partial charge in [0.15, 0.2) is 0 Å². The average molecular weight is 198 g/mol. The third kappa shape index (κ3) is 2.01. The molecule has 0 unspecified atom stereocenters. The van der Waals surface area contributed by atoms with Crippen LogP contribution in [0.3, 0.4) is 0 Å². The van der Waals surface area contributed by atoms with E-state index in [-0.39, 0.29) is 5.24 Å². The molecule has 70 valence electrons. The van der Waals surface area contributed by atoms with Crippen molar-refractivity contribution in [2.75, 3.05) is 5.73 Å². The number of nitrogens with two attached hydrogens (primary N) is 1. The molecule has 1 rings (SSSR count). The SMILES string of the molecule is CC(C)(C(=O)Cl)c1cccc(N)c1. The highest BCUT2D eigenvalue weighted by atomic mass is 35.5. The topological polar surface area (TPSA) is 43.1 Å². The van der Waals surface area contributed by atoms with E-state index in [2.05, 4.69) is 0 Å². The minimum Gasteiger partial charge on any atom is -0.399 e. The highest BCUT2D eigenvalue weighted by Gasteiger charge is 2.27. The maximum atomic E-state index is 11.1. The Morgan fingerprint density at radius 3 is 2.54 bits per heavy atom. The molecule has 3 heteroatoms. The van der Waals surface area contributed by atoms with Crippen molar-refractivity contribution in [1.29, 1.82) is 0 Å². The van der Waals surface area contributed by atoms with E-state index < -0.39 is 5.41 Å². The van der Waals surface area contributed by atoms with Crippen molar-refractivity contribution in [2.24, 2.45) is 0 Å². The molecule has 0 spiro atoms. The predicted octanol–water partition coefficient (Wildman–Crippen LogP) is 2.31. The standard InChI is InChI=1S/C10H12ClNO/c1-10(2,9(11)13)7-4-3-5-8(12)6-7/h3-6H,12H2,1-2H3. The van der Waals surface area contributed by atoms with Gasteiger partial charge in [-0.25, -0.2) is 0 Å². The highest BCUT2D eigenvalue weighted by molar-refractivity contribution is 6.65. The van der Waals surface area contributed by atoms with Gasteiger partial charge in [-0.2, -0.15) is 0 Å². The Bertz CT molecular complexity index is 333. The number of nitrogen functional groups attached to an aromatic ring is 1. The zero-order chi connectivity index (χ0) is 10.1. The van der Waals surface area contributed by atoms with Crippen LogP contribution in [0.5, 0.6) is 0 Å². The molecule has 0 bridgehead atoms. The number of hydrogen-bond acceptors (Lipinski definition) is 2. The molecule has 0 aromatic heterocycles. The van der Waals surface area contributed by atoms with Crippen molar-refractivity contribution in [1.82, 2.24) is 0 Å². The second kappa shape index (κ2) is 3.38. The van der Waals surface area contributed by atoms with E-state index in [1.165, 1.54) is 0 Å². The lowest BCUT2D eigenvalue weighted by Gasteiger charge is -2.20. The summed E-state index contributed by atoms with van der Waals surface area (Å²) >= 11 is 5.48. The minimum absolute atomic E-state index is 0.377. The van der Waals surface area contributed by atoms with Crippen molar-refractivity contribution in [3.8, 4) is 0 Å². The van der Waals surface area contributed by atoms with Gasteiger partial charge in [-0.1, -0.05) is 12.1 Å². The molecule has 0 heterocycles. The summed E-state index contributed by atoms with van der Waals surface area (Å²) in [5.74, 6) is 0. The summed E-state index contributed by atoms with van der Waals surface area (Å²) in [6.07, 6.45) is 0. The average Bonchev–Trinajstić information content (AvgIpc) is 2.04. The molecular weight excluding hydrogens is 186 g/mol. The Kier molecular flexibility index (Phi) is 2.62. The highest BCUT2D eigenvalue weighted by Crippen LogP contribution is 2.26. The second-order valence-corrected chi connectivity index (χ2v) is 3.87. The number of carbonyl (C=O) groups is 1. The van der Waals surface area contributed by atoms with Crippen LogP contribution in [0, 0.1) is 0 Å². The van der Waals surface area contributed by atoms with Crippen molar-refractivity contribution in [3.05, 3.63) is 29.8 Å². The first-order valence-corrected chi connectivity index (χ1v) is 4.38. The Hall–Kier alpha value is -1.02. The fourth-order valence-electron chi connectivity index (χ4n) is 1.04. The molecule has 0 aliphatic rings. The molecule has 0 aliphatic heterocycles. The summed E-state index contributed by atoms with van der Waals surface area (Å²) < 4.78 is 0. The molecule has 0 aliphatic carbocycles. The van der Waals surface area contributed by atoms with Crippen molar-refractivity contribution < 1.29 is 4.79 Å². The van der Waals surface area contributed by atoms with Crippen LogP contribution in [0.25, 0.3) is 0 Å². The fraction of sp³-hybridized carbons (Fsp3) is 0.300. The minimum atomic E-state index is -0.670. The Labute approximate surface area is 82.7 Å². The number of benzene rings is 1. The van der Waals surface area contributed by atoms with E-state index in [1.54, 1.807) is 26.0 Å². The molecule has 1 aromatic rings. The van der Waals surface area contributed by atoms with Crippen LogP contribution in [-0.2, 0) is 10.2 Å². The number of halogens is 1. The zero-order valence-electron chi connectivity index (χ0n) is 7.67. The van der Waals surface area contributed by atoms with Gasteiger partial charge in [-0.05, 0) is 43.1 Å². The van der Waals surface area contributed by atoms with E-state index in [0.29, 0.717) is 5.69 Å². The van der Waals surface area contributed by atoms with E-state index in [9.17, 15) is 4.79 Å². The molecule has 0 fully saturated rings. The predicted molar refractivity (Wildman–Crippen MR) is 54.7 cm³/mol. The van der Waals surface area contributed by atoms with E-state index in [4.69, 9.17) is 17.3 Å². The van der Waals surface area contributed by atoms with Crippen molar-refractivity contribution in [3.63, 3.8) is 0 Å². The molecule has 1 aromatic carbocycles. The van der Waals surface area contributed by atoms with Crippen LogP contribution in [0.1, 0.15) is 19.4 Å². The monoisotopic (exact) mass is 197 g/mol. The Morgan fingerprint density at radius 1 is 1.46 bits per heavy atom. The van der Waals surface area contributed by atoms with Crippen LogP contribution in [-0.4, -0.2) is 5.24 Å². The largest absolute Gasteiger partial charge is 0.399 e. The van der Waals surface area contributed by atoms with Gasteiger partial charge in [0.05, 0.1) is 5.41 Å². The first-order chi connectivity index (χ1) is 5.94. The Balaban J connectivity index is 3.14. The summed E-state index contributed by atoms with van der Waals surface area (Å²) in [5, 5.41) is -0.377. The Morgan fingerprint density at radius 2 is 2.08 bits per heavy atom. The second-order valence-electron chi connectivity index (χ2n) is 3.52. The van der Waals surface area contributed by atoms with Crippen molar-refractivity contribution >= 4 is 22.5 Å². The summed E-state index contributed by atoms with van der Waals surface area (Å²) in [4.78, 5) is 11.1. The molecule has 0 radical (unpaired) electrons. The van der Waals surface area contributed by atoms with Gasteiger partial charge >= 0.3 is 0 Å². The van der Waals surface area contributed by atoms with E-state index >= 15 is 0 Å². The third-order valence-electron chi connectivity index (χ3n) is 2.10. The van der Waals surface area contributed by atoms with Crippen LogP contribution in [0.2, 0.25) is 0 Å². The first kappa shape index (κ1) is 10.1. The lowest BCUT2D eigenvalue weighted by atomic mass is 9.86. The quantitative estimate of drug-likeness (QED) is 0.584. The van der Waals surface area contributed by atoms with Crippen LogP contribution < -0.4 is 5.73 Å². The lowest BCUT2D eigenvalue weighted by molar-refractivity contribution is -0.115.